The quantitative estimate of drug-likeness (QED) is 0.705. The van der Waals surface area contributed by atoms with Crippen LogP contribution in [0.3, 0.4) is 0 Å². The van der Waals surface area contributed by atoms with E-state index in [4.69, 9.17) is 9.47 Å². The van der Waals surface area contributed by atoms with Crippen molar-refractivity contribution in [2.24, 2.45) is 15.9 Å². The van der Waals surface area contributed by atoms with E-state index in [2.05, 4.69) is 15.3 Å². The molecule has 4 amide bonds. The maximum absolute atomic E-state index is 12.7. The molecule has 11 heteroatoms. The Kier molecular flexibility index (Phi) is 6.20. The molecule has 0 spiro atoms. The molecule has 30 heavy (non-hydrogen) atoms. The number of urea groups is 1. The maximum atomic E-state index is 12.7. The van der Waals surface area contributed by atoms with Gasteiger partial charge in [0.25, 0.3) is 5.84 Å². The molecule has 2 aliphatic heterocycles. The van der Waals surface area contributed by atoms with Crippen molar-refractivity contribution in [3.63, 3.8) is 0 Å². The van der Waals surface area contributed by atoms with Crippen LogP contribution in [0.5, 0.6) is 11.5 Å². The number of aliphatic imine (C=N–C) groups is 2. The van der Waals surface area contributed by atoms with Gasteiger partial charge in [-0.15, -0.1) is 0 Å². The van der Waals surface area contributed by atoms with Crippen molar-refractivity contribution in [1.29, 1.82) is 0 Å². The predicted molar refractivity (Wildman–Crippen MR) is 114 cm³/mol. The summed E-state index contributed by atoms with van der Waals surface area (Å²) in [6.07, 6.45) is 0. The fourth-order valence-electron chi connectivity index (χ4n) is 3.04. The van der Waals surface area contributed by atoms with Gasteiger partial charge in [0.2, 0.25) is 11.7 Å². The average molecular weight is 432 g/mol. The summed E-state index contributed by atoms with van der Waals surface area (Å²) in [4.78, 5) is 47.1. The molecule has 1 aromatic rings. The first-order valence-electron chi connectivity index (χ1n) is 8.97. The number of carbonyl (C=O) groups is 3. The Morgan fingerprint density at radius 1 is 1.27 bits per heavy atom. The van der Waals surface area contributed by atoms with Gasteiger partial charge in [-0.1, -0.05) is 16.8 Å². The number of amidine groups is 2. The highest BCUT2D eigenvalue weighted by Crippen LogP contribution is 2.30. The Bertz CT molecular complexity index is 1020. The van der Waals surface area contributed by atoms with E-state index in [-0.39, 0.29) is 11.7 Å². The second-order valence-electron chi connectivity index (χ2n) is 6.54. The van der Waals surface area contributed by atoms with Gasteiger partial charge in [-0.2, -0.15) is 9.48 Å². The zero-order valence-corrected chi connectivity index (χ0v) is 18.1. The molecular weight excluding hydrogens is 410 g/mol. The number of amides is 4. The minimum absolute atomic E-state index is 0.00487. The van der Waals surface area contributed by atoms with Gasteiger partial charge in [0.1, 0.15) is 16.5 Å². The first-order chi connectivity index (χ1) is 14.3. The van der Waals surface area contributed by atoms with Crippen LogP contribution in [0, 0.1) is 5.92 Å². The van der Waals surface area contributed by atoms with Gasteiger partial charge in [-0.3, -0.25) is 9.59 Å². The first-order valence-corrected chi connectivity index (χ1v) is 9.96. The third kappa shape index (κ3) is 4.06. The molecule has 158 valence electrons. The third-order valence-corrected chi connectivity index (χ3v) is 5.61. The van der Waals surface area contributed by atoms with Gasteiger partial charge >= 0.3 is 11.9 Å². The summed E-state index contributed by atoms with van der Waals surface area (Å²) in [6.45, 7) is 1.67. The Morgan fingerprint density at radius 2 is 2.00 bits per heavy atom. The fourth-order valence-corrected chi connectivity index (χ4v) is 3.96. The molecule has 0 bridgehead atoms. The molecule has 1 aromatic carbocycles. The number of carbonyl (C=O) groups excluding carboxylic acids is 3. The number of methoxy groups -OCH3 is 2. The number of anilines is 1. The van der Waals surface area contributed by atoms with Crippen LogP contribution in [-0.2, 0) is 9.59 Å². The summed E-state index contributed by atoms with van der Waals surface area (Å²) >= 11 is 1.13. The summed E-state index contributed by atoms with van der Waals surface area (Å²) in [6, 6.07) is 4.61. The normalized spacial score (nSPS) is 18.6. The standard InChI is InChI=1S/C19H21N5O5S/c1-10-20-16-15(18(26)24(3)19(27)23(16)2)17(21-10)30-9-14(25)22-12-8-11(28-4)6-7-13(12)29-5/h6-8,15H,9H2,1-5H3/p+1. The molecule has 3 rings (SSSR count). The van der Waals surface area contributed by atoms with Crippen LogP contribution in [0.15, 0.2) is 28.2 Å². The Balaban J connectivity index is 1.77. The van der Waals surface area contributed by atoms with Crippen molar-refractivity contribution >= 4 is 52.0 Å². The van der Waals surface area contributed by atoms with Gasteiger partial charge in [0.15, 0.2) is 5.92 Å². The lowest BCUT2D eigenvalue weighted by Crippen LogP contribution is -2.54. The van der Waals surface area contributed by atoms with Crippen LogP contribution >= 0.6 is 11.8 Å². The zero-order valence-electron chi connectivity index (χ0n) is 17.3. The predicted octanol–water partition coefficient (Wildman–Crippen LogP) is 1.45. The maximum Gasteiger partial charge on any atom is 0.445 e. The minimum Gasteiger partial charge on any atom is -0.497 e. The lowest BCUT2D eigenvalue weighted by molar-refractivity contribution is -0.407. The number of hydrogen-bond acceptors (Lipinski definition) is 8. The van der Waals surface area contributed by atoms with Crippen molar-refractivity contribution in [2.75, 3.05) is 39.4 Å². The highest BCUT2D eigenvalue weighted by Gasteiger charge is 2.48. The van der Waals surface area contributed by atoms with Crippen molar-refractivity contribution in [3.05, 3.63) is 18.2 Å². The van der Waals surface area contributed by atoms with E-state index in [1.165, 1.54) is 25.8 Å². The minimum atomic E-state index is -0.814. The summed E-state index contributed by atoms with van der Waals surface area (Å²) in [7, 11) is 6.00. The largest absolute Gasteiger partial charge is 0.497 e. The highest BCUT2D eigenvalue weighted by atomic mass is 32.2. The number of imide groups is 1. The number of ether oxygens (including phenoxy) is 2. The molecule has 10 nitrogen and oxygen atoms in total. The van der Waals surface area contributed by atoms with Crippen LogP contribution in [0.4, 0.5) is 10.5 Å². The molecule has 1 unspecified atom stereocenters. The van der Waals surface area contributed by atoms with E-state index in [1.807, 2.05) is 0 Å². The van der Waals surface area contributed by atoms with E-state index in [0.717, 1.165) is 16.7 Å². The number of thioether (sulfide) groups is 1. The Morgan fingerprint density at radius 3 is 2.67 bits per heavy atom. The molecule has 2 aliphatic rings. The fraction of sp³-hybridized carbons (Fsp3) is 0.368. The molecule has 0 saturated heterocycles. The first kappa shape index (κ1) is 21.5. The van der Waals surface area contributed by atoms with E-state index in [1.54, 1.807) is 32.2 Å². The van der Waals surface area contributed by atoms with Crippen LogP contribution in [0.25, 0.3) is 0 Å². The van der Waals surface area contributed by atoms with E-state index in [9.17, 15) is 14.4 Å². The number of hydrogen-bond donors (Lipinski definition) is 1. The molecule has 0 radical (unpaired) electrons. The molecule has 1 atom stereocenters. The SMILES string of the molecule is COc1ccc(OC)c(NC(=O)CSC2=NC(C)=NC3=[N+](C)C(=O)N(C)C(=O)C23)c1. The van der Waals surface area contributed by atoms with Gasteiger partial charge in [0.05, 0.1) is 39.8 Å². The van der Waals surface area contributed by atoms with Crippen molar-refractivity contribution < 1.29 is 28.4 Å². The molecular formula is C19H22N5O5S+. The highest BCUT2D eigenvalue weighted by molar-refractivity contribution is 8.14. The number of benzene rings is 1. The summed E-state index contributed by atoms with van der Waals surface area (Å²) in [5.41, 5.74) is 0.469. The number of nitrogens with one attached hydrogen (secondary N) is 1. The molecule has 0 aromatic heterocycles. The summed E-state index contributed by atoms with van der Waals surface area (Å²) in [5.74, 6) is 0.249. The van der Waals surface area contributed by atoms with E-state index >= 15 is 0 Å². The van der Waals surface area contributed by atoms with Crippen molar-refractivity contribution in [2.45, 2.75) is 6.92 Å². The van der Waals surface area contributed by atoms with E-state index < -0.39 is 17.9 Å². The van der Waals surface area contributed by atoms with E-state index in [0.29, 0.717) is 33.9 Å². The molecule has 0 aliphatic carbocycles. The van der Waals surface area contributed by atoms with Crippen LogP contribution in [0.2, 0.25) is 0 Å². The van der Waals surface area contributed by atoms with Gasteiger partial charge in [-0.05, 0) is 12.1 Å². The zero-order chi connectivity index (χ0) is 22.0. The lowest BCUT2D eigenvalue weighted by atomic mass is 10.1. The van der Waals surface area contributed by atoms with Gasteiger partial charge in [-0.25, -0.2) is 9.79 Å². The number of rotatable bonds is 5. The van der Waals surface area contributed by atoms with Crippen LogP contribution in [-0.4, -0.2) is 78.1 Å². The molecule has 1 N–H and O–H groups in total. The van der Waals surface area contributed by atoms with Crippen LogP contribution in [0.1, 0.15) is 6.92 Å². The average Bonchev–Trinajstić information content (AvgIpc) is 2.74. The Hall–Kier alpha value is -3.21. The number of nitrogens with zero attached hydrogens (tertiary/aromatic N) is 4. The van der Waals surface area contributed by atoms with Gasteiger partial charge < -0.3 is 14.8 Å². The smallest absolute Gasteiger partial charge is 0.445 e. The third-order valence-electron chi connectivity index (χ3n) is 4.58. The van der Waals surface area contributed by atoms with Gasteiger partial charge in [0, 0.05) is 13.0 Å². The molecule has 0 saturated carbocycles. The molecule has 2 heterocycles. The second kappa shape index (κ2) is 8.66. The van der Waals surface area contributed by atoms with Crippen LogP contribution < -0.4 is 14.8 Å². The lowest BCUT2D eigenvalue weighted by Gasteiger charge is -2.26. The topological polar surface area (TPSA) is 113 Å². The Labute approximate surface area is 177 Å². The second-order valence-corrected chi connectivity index (χ2v) is 7.54. The molecule has 0 fully saturated rings. The monoisotopic (exact) mass is 432 g/mol. The van der Waals surface area contributed by atoms with Crippen molar-refractivity contribution in [3.8, 4) is 11.5 Å². The van der Waals surface area contributed by atoms with Crippen molar-refractivity contribution in [1.82, 2.24) is 4.90 Å². The number of fused-ring (bicyclic) bond motifs is 1. The summed E-state index contributed by atoms with van der Waals surface area (Å²) < 4.78 is 11.8. The summed E-state index contributed by atoms with van der Waals surface area (Å²) in [5, 5.41) is 3.20.